The van der Waals surface area contributed by atoms with Crippen LogP contribution in [0.3, 0.4) is 0 Å². The molecule has 0 aromatic carbocycles. The van der Waals surface area contributed by atoms with Gasteiger partial charge < -0.3 is 9.31 Å². The Hall–Kier alpha value is 0.295. The largest absolute Gasteiger partial charge is 0.477 e. The average Bonchev–Trinajstić information content (AvgIpc) is 2.96. The third-order valence-corrected chi connectivity index (χ3v) is 4.14. The highest BCUT2D eigenvalue weighted by Gasteiger charge is 2.56. The fraction of sp³-hybridized carbons (Fsp3) is 1.00. The Labute approximate surface area is 124 Å². The second-order valence-electron chi connectivity index (χ2n) is 7.35. The standard InChI is InChI=1S/C10H20BNO2S.C4H10/c1-9(2)10(3,4)14-11(13-9)8(12-15)7-5-6-7;1-4(2)3/h7-8,12,15H,5-6H2,1-4H3;4H,1-3H3. The van der Waals surface area contributed by atoms with Gasteiger partial charge in [-0.2, -0.15) is 0 Å². The van der Waals surface area contributed by atoms with Crippen molar-refractivity contribution >= 4 is 19.9 Å². The summed E-state index contributed by atoms with van der Waals surface area (Å²) in [5, 5.41) is 0. The zero-order valence-corrected chi connectivity index (χ0v) is 14.4. The fourth-order valence-corrected chi connectivity index (χ4v) is 2.21. The van der Waals surface area contributed by atoms with Gasteiger partial charge in [-0.05, 0) is 52.4 Å². The molecule has 0 aromatic rings. The third kappa shape index (κ3) is 4.66. The Kier molecular flexibility index (Phi) is 5.82. The lowest BCUT2D eigenvalue weighted by Gasteiger charge is -2.32. The minimum atomic E-state index is -0.241. The fourth-order valence-electron chi connectivity index (χ4n) is 1.88. The van der Waals surface area contributed by atoms with Crippen LogP contribution in [0.1, 0.15) is 61.3 Å². The van der Waals surface area contributed by atoms with Gasteiger partial charge in [0, 0.05) is 0 Å². The summed E-state index contributed by atoms with van der Waals surface area (Å²) in [5.41, 5.74) is -0.481. The normalized spacial score (nSPS) is 26.1. The lowest BCUT2D eigenvalue weighted by Crippen LogP contribution is -2.43. The van der Waals surface area contributed by atoms with E-state index < -0.39 is 0 Å². The van der Waals surface area contributed by atoms with Gasteiger partial charge in [-0.15, -0.1) is 0 Å². The van der Waals surface area contributed by atoms with Crippen LogP contribution in [0.4, 0.5) is 0 Å². The minimum absolute atomic E-state index is 0.167. The molecule has 1 atom stereocenters. The van der Waals surface area contributed by atoms with Crippen LogP contribution in [0.2, 0.25) is 0 Å². The van der Waals surface area contributed by atoms with Crippen molar-refractivity contribution in [2.75, 3.05) is 0 Å². The zero-order valence-electron chi connectivity index (χ0n) is 13.5. The van der Waals surface area contributed by atoms with Crippen LogP contribution in [0, 0.1) is 11.8 Å². The van der Waals surface area contributed by atoms with Crippen molar-refractivity contribution in [3.8, 4) is 0 Å². The lowest BCUT2D eigenvalue weighted by molar-refractivity contribution is 0.00578. The molecule has 1 aliphatic heterocycles. The van der Waals surface area contributed by atoms with Gasteiger partial charge in [-0.25, -0.2) is 0 Å². The van der Waals surface area contributed by atoms with Crippen molar-refractivity contribution in [3.05, 3.63) is 0 Å². The van der Waals surface area contributed by atoms with E-state index in [4.69, 9.17) is 9.31 Å². The van der Waals surface area contributed by atoms with Gasteiger partial charge in [0.05, 0.1) is 17.1 Å². The molecule has 5 heteroatoms. The molecule has 19 heavy (non-hydrogen) atoms. The number of nitrogens with one attached hydrogen (secondary N) is 1. The van der Waals surface area contributed by atoms with Crippen molar-refractivity contribution < 1.29 is 9.31 Å². The van der Waals surface area contributed by atoms with E-state index in [9.17, 15) is 0 Å². The second kappa shape index (κ2) is 6.38. The van der Waals surface area contributed by atoms with Crippen LogP contribution >= 0.6 is 12.8 Å². The van der Waals surface area contributed by atoms with Gasteiger partial charge in [-0.3, -0.25) is 4.72 Å². The van der Waals surface area contributed by atoms with E-state index in [1.165, 1.54) is 12.8 Å². The monoisotopic (exact) mass is 287 g/mol. The van der Waals surface area contributed by atoms with E-state index in [1.807, 2.05) is 0 Å². The summed E-state index contributed by atoms with van der Waals surface area (Å²) >= 11 is 4.17. The highest BCUT2D eigenvalue weighted by atomic mass is 32.1. The van der Waals surface area contributed by atoms with Gasteiger partial charge in [0.2, 0.25) is 0 Å². The molecular weight excluding hydrogens is 257 g/mol. The Morgan fingerprint density at radius 3 is 1.68 bits per heavy atom. The predicted molar refractivity (Wildman–Crippen MR) is 85.2 cm³/mol. The summed E-state index contributed by atoms with van der Waals surface area (Å²) in [6, 6.07) is 0. The first-order valence-corrected chi connectivity index (χ1v) is 7.80. The van der Waals surface area contributed by atoms with Crippen LogP contribution in [0.25, 0.3) is 0 Å². The summed E-state index contributed by atoms with van der Waals surface area (Å²) < 4.78 is 15.0. The molecule has 2 rings (SSSR count). The van der Waals surface area contributed by atoms with E-state index in [2.05, 4.69) is 66.0 Å². The van der Waals surface area contributed by atoms with Crippen molar-refractivity contribution in [1.82, 2.24) is 4.72 Å². The van der Waals surface area contributed by atoms with Crippen molar-refractivity contribution in [1.29, 1.82) is 0 Å². The number of thiol groups is 1. The summed E-state index contributed by atoms with van der Waals surface area (Å²) in [4.78, 5) is 0. The number of hydrogen-bond acceptors (Lipinski definition) is 4. The Balaban J connectivity index is 0.000000399. The Morgan fingerprint density at radius 2 is 1.42 bits per heavy atom. The van der Waals surface area contributed by atoms with Crippen LogP contribution in [-0.4, -0.2) is 24.3 Å². The molecule has 2 aliphatic rings. The molecule has 1 aliphatic carbocycles. The molecule has 3 nitrogen and oxygen atoms in total. The maximum Gasteiger partial charge on any atom is 0.477 e. The first-order chi connectivity index (χ1) is 8.60. The SMILES string of the molecule is CC(C)C.CC1(C)OB(C(NS)C2CC2)OC1(C)C. The summed E-state index contributed by atoms with van der Waals surface area (Å²) in [5.74, 6) is 1.71. The van der Waals surface area contributed by atoms with E-state index in [-0.39, 0.29) is 24.3 Å². The van der Waals surface area contributed by atoms with Crippen LogP contribution in [-0.2, 0) is 9.31 Å². The summed E-state index contributed by atoms with van der Waals surface area (Å²) in [6.45, 7) is 14.8. The Bertz CT molecular complexity index is 274. The van der Waals surface area contributed by atoms with Crippen molar-refractivity contribution in [3.63, 3.8) is 0 Å². The van der Waals surface area contributed by atoms with Gasteiger partial charge in [0.25, 0.3) is 0 Å². The molecule has 0 amide bonds. The molecule has 112 valence electrons. The summed E-state index contributed by atoms with van der Waals surface area (Å²) in [7, 11) is -0.167. The van der Waals surface area contributed by atoms with Crippen molar-refractivity contribution in [2.45, 2.75) is 78.5 Å². The molecule has 1 saturated carbocycles. The highest BCUT2D eigenvalue weighted by Crippen LogP contribution is 2.42. The maximum absolute atomic E-state index is 5.98. The van der Waals surface area contributed by atoms with Gasteiger partial charge >= 0.3 is 7.12 Å². The topological polar surface area (TPSA) is 30.5 Å². The smallest absolute Gasteiger partial charge is 0.402 e. The van der Waals surface area contributed by atoms with E-state index in [0.29, 0.717) is 5.92 Å². The first-order valence-electron chi connectivity index (χ1n) is 7.36. The van der Waals surface area contributed by atoms with Gasteiger partial charge in [0.1, 0.15) is 0 Å². The van der Waals surface area contributed by atoms with E-state index >= 15 is 0 Å². The second-order valence-corrected chi connectivity index (χ2v) is 7.61. The molecule has 0 spiro atoms. The highest BCUT2D eigenvalue weighted by molar-refractivity contribution is 7.78. The number of rotatable bonds is 3. The zero-order chi connectivity index (χ0) is 14.8. The van der Waals surface area contributed by atoms with Crippen LogP contribution in [0.15, 0.2) is 0 Å². The first kappa shape index (κ1) is 17.3. The van der Waals surface area contributed by atoms with Crippen molar-refractivity contribution in [2.24, 2.45) is 11.8 Å². The van der Waals surface area contributed by atoms with Gasteiger partial charge in [0.15, 0.2) is 0 Å². The van der Waals surface area contributed by atoms with Gasteiger partial charge in [-0.1, -0.05) is 33.6 Å². The lowest BCUT2D eigenvalue weighted by atomic mass is 9.76. The predicted octanol–water partition coefficient (Wildman–Crippen LogP) is 3.49. The quantitative estimate of drug-likeness (QED) is 0.615. The van der Waals surface area contributed by atoms with E-state index in [1.54, 1.807) is 0 Å². The summed E-state index contributed by atoms with van der Waals surface area (Å²) in [6.07, 6.45) is 2.50. The molecule has 0 bridgehead atoms. The van der Waals surface area contributed by atoms with Crippen LogP contribution < -0.4 is 4.72 Å². The maximum atomic E-state index is 5.98. The average molecular weight is 287 g/mol. The van der Waals surface area contributed by atoms with Crippen LogP contribution in [0.5, 0.6) is 0 Å². The Morgan fingerprint density at radius 1 is 1.05 bits per heavy atom. The molecule has 2 fully saturated rings. The molecular formula is C14H30BNO2S. The number of hydrogen-bond donors (Lipinski definition) is 2. The molecule has 1 unspecified atom stereocenters. The molecule has 1 N–H and O–H groups in total. The molecule has 1 saturated heterocycles. The molecule has 0 radical (unpaired) electrons. The minimum Gasteiger partial charge on any atom is -0.402 e. The third-order valence-electron chi connectivity index (χ3n) is 3.84. The van der Waals surface area contributed by atoms with E-state index in [0.717, 1.165) is 5.92 Å². The molecule has 1 heterocycles. The molecule has 0 aromatic heterocycles.